The highest BCUT2D eigenvalue weighted by Gasteiger charge is 2.35. The van der Waals surface area contributed by atoms with Crippen LogP contribution in [0.1, 0.15) is 39.0 Å². The van der Waals surface area contributed by atoms with Gasteiger partial charge >= 0.3 is 5.97 Å². The van der Waals surface area contributed by atoms with Gasteiger partial charge in [-0.25, -0.2) is 0 Å². The fourth-order valence-corrected chi connectivity index (χ4v) is 3.03. The fraction of sp³-hybridized carbons (Fsp3) is 0.923. The monoisotopic (exact) mass is 241 g/mol. The van der Waals surface area contributed by atoms with Crippen LogP contribution in [0.4, 0.5) is 0 Å². The molecule has 0 heterocycles. The van der Waals surface area contributed by atoms with E-state index < -0.39 is 5.97 Å². The molecule has 0 aliphatic heterocycles. The van der Waals surface area contributed by atoms with Crippen LogP contribution < -0.4 is 5.32 Å². The highest BCUT2D eigenvalue weighted by Crippen LogP contribution is 2.32. The van der Waals surface area contributed by atoms with Crippen LogP contribution in [0.15, 0.2) is 0 Å². The summed E-state index contributed by atoms with van der Waals surface area (Å²) in [5.74, 6) is -0.404. The van der Waals surface area contributed by atoms with E-state index in [4.69, 9.17) is 9.84 Å². The third-order valence-electron chi connectivity index (χ3n) is 4.14. The molecule has 2 aliphatic carbocycles. The molecule has 98 valence electrons. The molecule has 17 heavy (non-hydrogen) atoms. The van der Waals surface area contributed by atoms with E-state index in [1.807, 2.05) is 6.92 Å². The molecule has 0 aromatic carbocycles. The van der Waals surface area contributed by atoms with Crippen LogP contribution in [0.3, 0.4) is 0 Å². The van der Waals surface area contributed by atoms with Gasteiger partial charge in [-0.05, 0) is 45.1 Å². The summed E-state index contributed by atoms with van der Waals surface area (Å²) in [5, 5.41) is 12.6. The smallest absolute Gasteiger partial charge is 0.306 e. The lowest BCUT2D eigenvalue weighted by Crippen LogP contribution is -2.47. The number of rotatable bonds is 6. The molecule has 2 N–H and O–H groups in total. The highest BCUT2D eigenvalue weighted by molar-refractivity contribution is 5.70. The van der Waals surface area contributed by atoms with Gasteiger partial charge in [0.05, 0.1) is 12.0 Å². The van der Waals surface area contributed by atoms with Crippen LogP contribution in [0.25, 0.3) is 0 Å². The van der Waals surface area contributed by atoms with Crippen molar-refractivity contribution in [3.63, 3.8) is 0 Å². The van der Waals surface area contributed by atoms with E-state index in [1.165, 1.54) is 0 Å². The van der Waals surface area contributed by atoms with Crippen LogP contribution in [0.2, 0.25) is 0 Å². The van der Waals surface area contributed by atoms with Crippen LogP contribution in [0, 0.1) is 11.8 Å². The van der Waals surface area contributed by atoms with Crippen molar-refractivity contribution in [2.45, 2.75) is 51.2 Å². The van der Waals surface area contributed by atoms with Gasteiger partial charge in [0.25, 0.3) is 0 Å². The Morgan fingerprint density at radius 2 is 2.18 bits per heavy atom. The van der Waals surface area contributed by atoms with E-state index in [9.17, 15) is 4.79 Å². The molecule has 2 saturated carbocycles. The van der Waals surface area contributed by atoms with Crippen molar-refractivity contribution in [1.29, 1.82) is 0 Å². The maximum absolute atomic E-state index is 11.0. The Bertz CT molecular complexity index is 263. The van der Waals surface area contributed by atoms with E-state index in [0.717, 1.165) is 45.3 Å². The third-order valence-corrected chi connectivity index (χ3v) is 4.14. The fourth-order valence-electron chi connectivity index (χ4n) is 3.03. The second kappa shape index (κ2) is 5.83. The van der Waals surface area contributed by atoms with E-state index >= 15 is 0 Å². The molecule has 0 radical (unpaired) electrons. The highest BCUT2D eigenvalue weighted by atomic mass is 16.5. The Balaban J connectivity index is 1.64. The Hall–Kier alpha value is -0.610. The van der Waals surface area contributed by atoms with Gasteiger partial charge in [0.2, 0.25) is 0 Å². The van der Waals surface area contributed by atoms with Gasteiger partial charge in [-0.2, -0.15) is 0 Å². The second-order valence-electron chi connectivity index (χ2n) is 5.29. The molecular formula is C13H23NO3. The lowest BCUT2D eigenvalue weighted by Gasteiger charge is -2.36. The first-order chi connectivity index (χ1) is 8.20. The molecular weight excluding hydrogens is 218 g/mol. The summed E-state index contributed by atoms with van der Waals surface area (Å²) in [5.41, 5.74) is 0. The van der Waals surface area contributed by atoms with Crippen molar-refractivity contribution in [3.8, 4) is 0 Å². The summed E-state index contributed by atoms with van der Waals surface area (Å²) in [7, 11) is 0. The predicted molar refractivity (Wildman–Crippen MR) is 64.9 cm³/mol. The van der Waals surface area contributed by atoms with E-state index in [-0.39, 0.29) is 5.92 Å². The lowest BCUT2D eigenvalue weighted by atomic mass is 9.88. The Morgan fingerprint density at radius 1 is 1.41 bits per heavy atom. The van der Waals surface area contributed by atoms with Crippen LogP contribution >= 0.6 is 0 Å². The van der Waals surface area contributed by atoms with Gasteiger partial charge in [0.15, 0.2) is 0 Å². The van der Waals surface area contributed by atoms with Crippen LogP contribution in [-0.4, -0.2) is 36.4 Å². The zero-order valence-corrected chi connectivity index (χ0v) is 10.5. The maximum Gasteiger partial charge on any atom is 0.306 e. The van der Waals surface area contributed by atoms with Crippen LogP contribution in [0.5, 0.6) is 0 Å². The molecule has 2 atom stereocenters. The Morgan fingerprint density at radius 3 is 2.82 bits per heavy atom. The van der Waals surface area contributed by atoms with Crippen molar-refractivity contribution in [2.24, 2.45) is 11.8 Å². The molecule has 2 rings (SSSR count). The Kier molecular flexibility index (Phi) is 4.40. The van der Waals surface area contributed by atoms with Crippen molar-refractivity contribution in [1.82, 2.24) is 5.32 Å². The number of carbonyl (C=O) groups is 1. The number of hydrogen-bond donors (Lipinski definition) is 2. The summed E-state index contributed by atoms with van der Waals surface area (Å²) in [6, 6.07) is 0.543. The molecule has 0 bridgehead atoms. The molecule has 2 unspecified atom stereocenters. The first-order valence-electron chi connectivity index (χ1n) is 6.78. The molecule has 0 spiro atoms. The van der Waals surface area contributed by atoms with Crippen molar-refractivity contribution >= 4 is 5.97 Å². The Labute approximate surface area is 103 Å². The van der Waals surface area contributed by atoms with Crippen LogP contribution in [-0.2, 0) is 9.53 Å². The molecule has 0 aromatic heterocycles. The van der Waals surface area contributed by atoms with Gasteiger partial charge in [-0.15, -0.1) is 0 Å². The lowest BCUT2D eigenvalue weighted by molar-refractivity contribution is -0.142. The predicted octanol–water partition coefficient (Wildman–Crippen LogP) is 1.64. The zero-order valence-electron chi connectivity index (χ0n) is 10.5. The summed E-state index contributed by atoms with van der Waals surface area (Å²) in [6.07, 6.45) is 5.57. The average Bonchev–Trinajstić information content (AvgIpc) is 2.69. The van der Waals surface area contributed by atoms with Gasteiger partial charge in [-0.1, -0.05) is 6.42 Å². The molecule has 0 aromatic rings. The first kappa shape index (κ1) is 12.8. The third kappa shape index (κ3) is 3.19. The number of nitrogens with one attached hydrogen (secondary N) is 1. The maximum atomic E-state index is 11.0. The van der Waals surface area contributed by atoms with Gasteiger partial charge in [0.1, 0.15) is 0 Å². The minimum atomic E-state index is -0.616. The van der Waals surface area contributed by atoms with Gasteiger partial charge in [-0.3, -0.25) is 4.79 Å². The van der Waals surface area contributed by atoms with E-state index in [0.29, 0.717) is 18.1 Å². The summed E-state index contributed by atoms with van der Waals surface area (Å²) in [6.45, 7) is 3.68. The summed E-state index contributed by atoms with van der Waals surface area (Å²) in [4.78, 5) is 11.0. The minimum Gasteiger partial charge on any atom is -0.481 e. The SMILES string of the molecule is CCOC1CC(NCC2CCCC2C(=O)O)C1. The number of carboxylic acids is 1. The molecule has 2 aliphatic rings. The number of ether oxygens (including phenoxy) is 1. The normalized spacial score (nSPS) is 36.8. The average molecular weight is 241 g/mol. The van der Waals surface area contributed by atoms with Crippen molar-refractivity contribution in [3.05, 3.63) is 0 Å². The van der Waals surface area contributed by atoms with E-state index in [2.05, 4.69) is 5.32 Å². The minimum absolute atomic E-state index is 0.120. The molecule has 2 fully saturated rings. The van der Waals surface area contributed by atoms with E-state index in [1.54, 1.807) is 0 Å². The molecule has 4 nitrogen and oxygen atoms in total. The molecule has 4 heteroatoms. The quantitative estimate of drug-likeness (QED) is 0.742. The molecule has 0 saturated heterocycles. The summed E-state index contributed by atoms with van der Waals surface area (Å²) >= 11 is 0. The number of carboxylic acid groups (broad SMARTS) is 1. The number of aliphatic carboxylic acids is 1. The van der Waals surface area contributed by atoms with Gasteiger partial charge in [0, 0.05) is 12.6 Å². The zero-order chi connectivity index (χ0) is 12.3. The molecule has 0 amide bonds. The van der Waals surface area contributed by atoms with Gasteiger partial charge < -0.3 is 15.2 Å². The topological polar surface area (TPSA) is 58.6 Å². The standard InChI is InChI=1S/C13H23NO3/c1-2-17-11-6-10(7-11)14-8-9-4-3-5-12(9)13(15)16/h9-12,14H,2-8H2,1H3,(H,15,16). The number of hydrogen-bond acceptors (Lipinski definition) is 3. The first-order valence-corrected chi connectivity index (χ1v) is 6.78. The largest absolute Gasteiger partial charge is 0.481 e. The summed E-state index contributed by atoms with van der Waals surface area (Å²) < 4.78 is 5.51. The van der Waals surface area contributed by atoms with Crippen molar-refractivity contribution < 1.29 is 14.6 Å². The van der Waals surface area contributed by atoms with Crippen molar-refractivity contribution in [2.75, 3.05) is 13.2 Å². The second-order valence-corrected chi connectivity index (χ2v) is 5.29.